The van der Waals surface area contributed by atoms with Crippen LogP contribution in [-0.2, 0) is 4.79 Å². The van der Waals surface area contributed by atoms with Gasteiger partial charge in [0.2, 0.25) is 0 Å². The largest absolute Gasteiger partial charge is 0.494 e. The minimum Gasteiger partial charge on any atom is -0.494 e. The molecule has 32 heavy (non-hydrogen) atoms. The first-order valence-corrected chi connectivity index (χ1v) is 11.9. The molecule has 0 N–H and O–H groups in total. The average molecular weight is 464 g/mol. The van der Waals surface area contributed by atoms with Gasteiger partial charge in [0.1, 0.15) is 10.1 Å². The first-order valence-electron chi connectivity index (χ1n) is 10.7. The van der Waals surface area contributed by atoms with E-state index in [1.165, 1.54) is 11.8 Å². The van der Waals surface area contributed by atoms with Gasteiger partial charge in [-0.3, -0.25) is 9.69 Å². The van der Waals surface area contributed by atoms with Crippen LogP contribution in [-0.4, -0.2) is 37.6 Å². The van der Waals surface area contributed by atoms with E-state index in [0.29, 0.717) is 15.8 Å². The van der Waals surface area contributed by atoms with E-state index in [-0.39, 0.29) is 11.9 Å². The molecule has 0 spiro atoms. The lowest BCUT2D eigenvalue weighted by atomic mass is 10.1. The molecule has 1 fully saturated rings. The zero-order valence-electron chi connectivity index (χ0n) is 18.3. The van der Waals surface area contributed by atoms with Crippen LogP contribution in [0.2, 0.25) is 0 Å². The fourth-order valence-corrected chi connectivity index (χ4v) is 4.94. The molecule has 0 radical (unpaired) electrons. The molecular formula is C25H25N3O2S2. The van der Waals surface area contributed by atoms with Gasteiger partial charge in [0, 0.05) is 23.4 Å². The van der Waals surface area contributed by atoms with E-state index in [1.54, 1.807) is 4.90 Å². The Morgan fingerprint density at radius 1 is 1.12 bits per heavy atom. The Hall–Kier alpha value is -2.90. The first-order chi connectivity index (χ1) is 15.5. The number of thioether (sulfide) groups is 1. The Kier molecular flexibility index (Phi) is 6.77. The van der Waals surface area contributed by atoms with Gasteiger partial charge in [0.15, 0.2) is 0 Å². The van der Waals surface area contributed by atoms with Gasteiger partial charge in [0.05, 0.1) is 22.9 Å². The Balaban J connectivity index is 1.77. The predicted octanol–water partition coefficient (Wildman–Crippen LogP) is 5.94. The summed E-state index contributed by atoms with van der Waals surface area (Å²) in [7, 11) is 0. The van der Waals surface area contributed by atoms with Crippen LogP contribution in [0.3, 0.4) is 0 Å². The Morgan fingerprint density at radius 3 is 2.50 bits per heavy atom. The third-order valence-corrected chi connectivity index (χ3v) is 6.67. The number of carbonyl (C=O) groups is 1. The molecule has 2 heterocycles. The summed E-state index contributed by atoms with van der Waals surface area (Å²) in [5.41, 5.74) is 3.56. The van der Waals surface area contributed by atoms with Crippen molar-refractivity contribution in [2.24, 2.45) is 0 Å². The molecule has 0 bridgehead atoms. The highest BCUT2D eigenvalue weighted by Crippen LogP contribution is 2.36. The van der Waals surface area contributed by atoms with Gasteiger partial charge in [-0.05, 0) is 62.7 Å². The van der Waals surface area contributed by atoms with Gasteiger partial charge in [-0.25, -0.2) is 4.68 Å². The molecule has 3 aromatic rings. The van der Waals surface area contributed by atoms with Gasteiger partial charge >= 0.3 is 0 Å². The van der Waals surface area contributed by atoms with Crippen LogP contribution in [0.5, 0.6) is 5.75 Å². The molecule has 1 aliphatic heterocycles. The number of amides is 1. The summed E-state index contributed by atoms with van der Waals surface area (Å²) in [6.45, 7) is 6.65. The van der Waals surface area contributed by atoms with Crippen molar-refractivity contribution < 1.29 is 9.53 Å². The van der Waals surface area contributed by atoms with Crippen molar-refractivity contribution in [1.29, 1.82) is 0 Å². The summed E-state index contributed by atoms with van der Waals surface area (Å²) < 4.78 is 8.02. The van der Waals surface area contributed by atoms with Gasteiger partial charge in [0.25, 0.3) is 5.91 Å². The maximum Gasteiger partial charge on any atom is 0.266 e. The van der Waals surface area contributed by atoms with Gasteiger partial charge < -0.3 is 4.74 Å². The number of rotatable bonds is 7. The summed E-state index contributed by atoms with van der Waals surface area (Å²) in [6.07, 6.45) is 4.71. The van der Waals surface area contributed by atoms with Crippen molar-refractivity contribution in [1.82, 2.24) is 14.7 Å². The maximum atomic E-state index is 13.1. The maximum absolute atomic E-state index is 13.1. The molecule has 5 nitrogen and oxygen atoms in total. The van der Waals surface area contributed by atoms with Crippen molar-refractivity contribution in [3.05, 3.63) is 71.3 Å². The van der Waals surface area contributed by atoms with E-state index in [4.69, 9.17) is 22.1 Å². The number of thiocarbonyl (C=S) groups is 1. The molecule has 0 aliphatic carbocycles. The Labute approximate surface area is 198 Å². The third kappa shape index (κ3) is 4.49. The lowest BCUT2D eigenvalue weighted by Gasteiger charge is -2.21. The first kappa shape index (κ1) is 22.3. The molecule has 1 saturated heterocycles. The summed E-state index contributed by atoms with van der Waals surface area (Å²) in [5.74, 6) is 0.772. The highest BCUT2D eigenvalue weighted by molar-refractivity contribution is 8.26. The molecule has 1 amide bonds. The molecule has 2 aromatic carbocycles. The zero-order valence-corrected chi connectivity index (χ0v) is 20.0. The number of hydrogen-bond donors (Lipinski definition) is 0. The summed E-state index contributed by atoms with van der Waals surface area (Å²) in [4.78, 5) is 15.4. The second-order valence-electron chi connectivity index (χ2n) is 7.48. The lowest BCUT2D eigenvalue weighted by molar-refractivity contribution is -0.123. The number of nitrogens with zero attached hydrogens (tertiary/aromatic N) is 3. The molecule has 4 rings (SSSR count). The fourth-order valence-electron chi connectivity index (χ4n) is 3.49. The van der Waals surface area contributed by atoms with E-state index in [1.807, 2.05) is 85.4 Å². The van der Waals surface area contributed by atoms with Crippen LogP contribution < -0.4 is 4.74 Å². The average Bonchev–Trinajstić information content (AvgIpc) is 3.35. The monoisotopic (exact) mass is 463 g/mol. The SMILES string of the molecule is CCOc1ccc(-c2nn(-c3ccccc3)cc2/C=C2\SC(=S)N(C(C)CC)C2=O)cc1. The quantitative estimate of drug-likeness (QED) is 0.321. The highest BCUT2D eigenvalue weighted by atomic mass is 32.2. The highest BCUT2D eigenvalue weighted by Gasteiger charge is 2.35. The van der Waals surface area contributed by atoms with Crippen molar-refractivity contribution in [3.63, 3.8) is 0 Å². The van der Waals surface area contributed by atoms with Crippen molar-refractivity contribution in [2.75, 3.05) is 6.61 Å². The minimum atomic E-state index is -0.0422. The van der Waals surface area contributed by atoms with Crippen LogP contribution in [0.1, 0.15) is 32.8 Å². The molecule has 1 atom stereocenters. The molecule has 7 heteroatoms. The van der Waals surface area contributed by atoms with Gasteiger partial charge in [-0.1, -0.05) is 49.1 Å². The molecule has 1 unspecified atom stereocenters. The standard InChI is InChI=1S/C25H25N3O2S2/c1-4-17(3)28-24(29)22(32-25(28)31)15-19-16-27(20-9-7-6-8-10-20)26-23(19)18-11-13-21(14-12-18)30-5-2/h6-17H,4-5H2,1-3H3/b22-15-. The van der Waals surface area contributed by atoms with E-state index < -0.39 is 0 Å². The second kappa shape index (κ2) is 9.71. The van der Waals surface area contributed by atoms with Gasteiger partial charge in [-0.15, -0.1) is 0 Å². The van der Waals surface area contributed by atoms with Gasteiger partial charge in [-0.2, -0.15) is 5.10 Å². The fraction of sp³-hybridized carbons (Fsp3) is 0.240. The number of benzene rings is 2. The summed E-state index contributed by atoms with van der Waals surface area (Å²) in [5, 5.41) is 4.85. The van der Waals surface area contributed by atoms with E-state index in [9.17, 15) is 4.79 Å². The molecule has 1 aliphatic rings. The molecule has 0 saturated carbocycles. The number of ether oxygens (including phenoxy) is 1. The molecule has 1 aromatic heterocycles. The normalized spacial score (nSPS) is 16.1. The topological polar surface area (TPSA) is 47.4 Å². The van der Waals surface area contributed by atoms with Crippen molar-refractivity contribution in [2.45, 2.75) is 33.2 Å². The predicted molar refractivity (Wildman–Crippen MR) is 135 cm³/mol. The van der Waals surface area contributed by atoms with E-state index in [2.05, 4.69) is 6.92 Å². The zero-order chi connectivity index (χ0) is 22.7. The minimum absolute atomic E-state index is 0.0422. The van der Waals surface area contributed by atoms with Crippen LogP contribution in [0.15, 0.2) is 65.7 Å². The summed E-state index contributed by atoms with van der Waals surface area (Å²) >= 11 is 6.84. The van der Waals surface area contributed by atoms with Crippen LogP contribution in [0, 0.1) is 0 Å². The van der Waals surface area contributed by atoms with Crippen molar-refractivity contribution in [3.8, 4) is 22.7 Å². The molecular weight excluding hydrogens is 438 g/mol. The smallest absolute Gasteiger partial charge is 0.266 e. The van der Waals surface area contributed by atoms with E-state index >= 15 is 0 Å². The van der Waals surface area contributed by atoms with Crippen molar-refractivity contribution >= 4 is 40.3 Å². The second-order valence-corrected chi connectivity index (χ2v) is 9.16. The molecule has 164 valence electrons. The number of carbonyl (C=O) groups excluding carboxylic acids is 1. The number of hydrogen-bond acceptors (Lipinski definition) is 5. The number of para-hydroxylation sites is 1. The Morgan fingerprint density at radius 2 is 1.84 bits per heavy atom. The third-order valence-electron chi connectivity index (χ3n) is 5.34. The number of aromatic nitrogens is 2. The van der Waals surface area contributed by atoms with Crippen LogP contribution in [0.4, 0.5) is 0 Å². The van der Waals surface area contributed by atoms with Crippen LogP contribution in [0.25, 0.3) is 23.0 Å². The lowest BCUT2D eigenvalue weighted by Crippen LogP contribution is -2.36. The van der Waals surface area contributed by atoms with E-state index in [0.717, 1.165) is 34.7 Å². The Bertz CT molecular complexity index is 1150. The summed E-state index contributed by atoms with van der Waals surface area (Å²) in [6, 6.07) is 17.9. The van der Waals surface area contributed by atoms with Crippen LogP contribution >= 0.6 is 24.0 Å².